The molecule has 0 bridgehead atoms. The standard InChI is InChI=1S/C16H15BrFNO2/c1-10(11-3-6-13(18)7-4-11)19(2)16(21)14-9-12(17)5-8-15(14)20/h3-10,20H,1-2H3. The van der Waals surface area contributed by atoms with Gasteiger partial charge in [-0.05, 0) is 42.8 Å². The first-order valence-corrected chi connectivity index (χ1v) is 7.20. The molecule has 0 aliphatic carbocycles. The summed E-state index contributed by atoms with van der Waals surface area (Å²) in [4.78, 5) is 14.0. The second-order valence-corrected chi connectivity index (χ2v) is 5.72. The summed E-state index contributed by atoms with van der Waals surface area (Å²) in [5, 5.41) is 9.83. The zero-order valence-electron chi connectivity index (χ0n) is 11.7. The Hall–Kier alpha value is -1.88. The van der Waals surface area contributed by atoms with Crippen LogP contribution in [0.15, 0.2) is 46.9 Å². The van der Waals surface area contributed by atoms with Crippen molar-refractivity contribution in [2.45, 2.75) is 13.0 Å². The van der Waals surface area contributed by atoms with E-state index in [1.807, 2.05) is 6.92 Å². The molecule has 1 atom stereocenters. The van der Waals surface area contributed by atoms with E-state index in [0.717, 1.165) is 5.56 Å². The number of hydrogen-bond donors (Lipinski definition) is 1. The summed E-state index contributed by atoms with van der Waals surface area (Å²) in [6.45, 7) is 1.85. The molecular formula is C16H15BrFNO2. The van der Waals surface area contributed by atoms with Crippen molar-refractivity contribution in [1.82, 2.24) is 4.90 Å². The number of hydrogen-bond acceptors (Lipinski definition) is 2. The van der Waals surface area contributed by atoms with Gasteiger partial charge in [0.15, 0.2) is 0 Å². The topological polar surface area (TPSA) is 40.5 Å². The molecule has 5 heteroatoms. The van der Waals surface area contributed by atoms with Crippen LogP contribution in [0.3, 0.4) is 0 Å². The maximum absolute atomic E-state index is 13.0. The Morgan fingerprint density at radius 2 is 1.86 bits per heavy atom. The summed E-state index contributed by atoms with van der Waals surface area (Å²) in [6, 6.07) is 10.5. The first-order valence-electron chi connectivity index (χ1n) is 6.41. The number of phenols is 1. The summed E-state index contributed by atoms with van der Waals surface area (Å²) in [5.41, 5.74) is 1.04. The van der Waals surface area contributed by atoms with Crippen LogP contribution in [0.1, 0.15) is 28.9 Å². The summed E-state index contributed by atoms with van der Waals surface area (Å²) < 4.78 is 13.7. The van der Waals surface area contributed by atoms with Gasteiger partial charge in [-0.3, -0.25) is 4.79 Å². The largest absolute Gasteiger partial charge is 0.507 e. The average molecular weight is 352 g/mol. The van der Waals surface area contributed by atoms with Gasteiger partial charge < -0.3 is 10.0 Å². The Balaban J connectivity index is 2.26. The molecule has 1 amide bonds. The minimum absolute atomic E-state index is 0.0682. The molecule has 0 aliphatic rings. The fraction of sp³-hybridized carbons (Fsp3) is 0.188. The van der Waals surface area contributed by atoms with E-state index in [0.29, 0.717) is 4.47 Å². The molecule has 0 heterocycles. The smallest absolute Gasteiger partial charge is 0.257 e. The van der Waals surface area contributed by atoms with Crippen LogP contribution in [0.2, 0.25) is 0 Å². The molecule has 2 aromatic rings. The lowest BCUT2D eigenvalue weighted by Crippen LogP contribution is -2.29. The fourth-order valence-electron chi connectivity index (χ4n) is 2.01. The third-order valence-corrected chi connectivity index (χ3v) is 3.94. The molecule has 1 N–H and O–H groups in total. The molecule has 2 rings (SSSR count). The van der Waals surface area contributed by atoms with E-state index in [9.17, 15) is 14.3 Å². The molecule has 0 spiro atoms. The highest BCUT2D eigenvalue weighted by Crippen LogP contribution is 2.26. The van der Waals surface area contributed by atoms with Crippen molar-refractivity contribution >= 4 is 21.8 Å². The Bertz CT molecular complexity index is 658. The number of nitrogens with zero attached hydrogens (tertiary/aromatic N) is 1. The summed E-state index contributed by atoms with van der Waals surface area (Å²) >= 11 is 3.28. The average Bonchev–Trinajstić information content (AvgIpc) is 2.48. The quantitative estimate of drug-likeness (QED) is 0.903. The van der Waals surface area contributed by atoms with Crippen molar-refractivity contribution in [3.63, 3.8) is 0 Å². The number of phenolic OH excluding ortho intramolecular Hbond substituents is 1. The Morgan fingerprint density at radius 3 is 2.48 bits per heavy atom. The molecule has 0 radical (unpaired) electrons. The number of carbonyl (C=O) groups is 1. The summed E-state index contributed by atoms with van der Waals surface area (Å²) in [6.07, 6.45) is 0. The Kier molecular flexibility index (Phi) is 4.63. The van der Waals surface area contributed by atoms with Crippen LogP contribution in [0.4, 0.5) is 4.39 Å². The molecule has 3 nitrogen and oxygen atoms in total. The third kappa shape index (κ3) is 3.42. The van der Waals surface area contributed by atoms with E-state index >= 15 is 0 Å². The SMILES string of the molecule is CC(c1ccc(F)cc1)N(C)C(=O)c1cc(Br)ccc1O. The van der Waals surface area contributed by atoms with Crippen LogP contribution >= 0.6 is 15.9 Å². The molecule has 0 saturated carbocycles. The van der Waals surface area contributed by atoms with Crippen LogP contribution in [-0.4, -0.2) is 23.0 Å². The number of carbonyl (C=O) groups excluding carboxylic acids is 1. The monoisotopic (exact) mass is 351 g/mol. The molecule has 21 heavy (non-hydrogen) atoms. The van der Waals surface area contributed by atoms with Crippen molar-refractivity contribution < 1.29 is 14.3 Å². The highest BCUT2D eigenvalue weighted by molar-refractivity contribution is 9.10. The highest BCUT2D eigenvalue weighted by atomic mass is 79.9. The van der Waals surface area contributed by atoms with Crippen molar-refractivity contribution in [1.29, 1.82) is 0 Å². The molecule has 2 aromatic carbocycles. The van der Waals surface area contributed by atoms with E-state index in [1.165, 1.54) is 23.1 Å². The second-order valence-electron chi connectivity index (χ2n) is 4.81. The van der Waals surface area contributed by atoms with Crippen molar-refractivity contribution in [3.8, 4) is 5.75 Å². The van der Waals surface area contributed by atoms with Gasteiger partial charge in [0.1, 0.15) is 11.6 Å². The van der Waals surface area contributed by atoms with Gasteiger partial charge in [-0.1, -0.05) is 28.1 Å². The van der Waals surface area contributed by atoms with E-state index in [4.69, 9.17) is 0 Å². The van der Waals surface area contributed by atoms with Gasteiger partial charge in [0.25, 0.3) is 5.91 Å². The number of rotatable bonds is 3. The number of aromatic hydroxyl groups is 1. The second kappa shape index (κ2) is 6.26. The molecule has 0 aliphatic heterocycles. The maximum atomic E-state index is 13.0. The van der Waals surface area contributed by atoms with E-state index in [2.05, 4.69) is 15.9 Å². The van der Waals surface area contributed by atoms with Gasteiger partial charge in [-0.2, -0.15) is 0 Å². The minimum atomic E-state index is -0.315. The van der Waals surface area contributed by atoms with E-state index in [-0.39, 0.29) is 29.1 Å². The van der Waals surface area contributed by atoms with Gasteiger partial charge in [0.2, 0.25) is 0 Å². The first-order chi connectivity index (χ1) is 9.90. The molecular weight excluding hydrogens is 337 g/mol. The van der Waals surface area contributed by atoms with E-state index in [1.54, 1.807) is 31.3 Å². The first kappa shape index (κ1) is 15.5. The highest BCUT2D eigenvalue weighted by Gasteiger charge is 2.21. The van der Waals surface area contributed by atoms with Gasteiger partial charge in [0, 0.05) is 11.5 Å². The van der Waals surface area contributed by atoms with Gasteiger partial charge in [-0.15, -0.1) is 0 Å². The van der Waals surface area contributed by atoms with E-state index < -0.39 is 0 Å². The van der Waals surface area contributed by atoms with Crippen molar-refractivity contribution in [2.75, 3.05) is 7.05 Å². The van der Waals surface area contributed by atoms with Gasteiger partial charge in [-0.25, -0.2) is 4.39 Å². The number of benzene rings is 2. The molecule has 1 unspecified atom stereocenters. The van der Waals surface area contributed by atoms with Crippen LogP contribution < -0.4 is 0 Å². The Morgan fingerprint density at radius 1 is 1.24 bits per heavy atom. The Labute approximate surface area is 131 Å². The van der Waals surface area contributed by atoms with Gasteiger partial charge in [0.05, 0.1) is 11.6 Å². The predicted molar refractivity (Wildman–Crippen MR) is 82.7 cm³/mol. The normalized spacial score (nSPS) is 12.0. The third-order valence-electron chi connectivity index (χ3n) is 3.44. The number of amides is 1. The molecule has 110 valence electrons. The summed E-state index contributed by atoms with van der Waals surface area (Å²) in [7, 11) is 1.65. The number of halogens is 2. The lowest BCUT2D eigenvalue weighted by Gasteiger charge is -2.25. The van der Waals surface area contributed by atoms with Crippen molar-refractivity contribution in [3.05, 3.63) is 63.9 Å². The zero-order valence-corrected chi connectivity index (χ0v) is 13.3. The molecule has 0 aromatic heterocycles. The lowest BCUT2D eigenvalue weighted by molar-refractivity contribution is 0.0739. The van der Waals surface area contributed by atoms with Crippen LogP contribution in [0, 0.1) is 5.82 Å². The van der Waals surface area contributed by atoms with Gasteiger partial charge >= 0.3 is 0 Å². The lowest BCUT2D eigenvalue weighted by atomic mass is 10.1. The molecule has 0 fully saturated rings. The minimum Gasteiger partial charge on any atom is -0.507 e. The maximum Gasteiger partial charge on any atom is 0.257 e. The van der Waals surface area contributed by atoms with Crippen molar-refractivity contribution in [2.24, 2.45) is 0 Å². The zero-order chi connectivity index (χ0) is 15.6. The summed E-state index contributed by atoms with van der Waals surface area (Å²) in [5.74, 6) is -0.684. The van der Waals surface area contributed by atoms with Crippen LogP contribution in [-0.2, 0) is 0 Å². The fourth-order valence-corrected chi connectivity index (χ4v) is 2.37. The van der Waals surface area contributed by atoms with Crippen LogP contribution in [0.5, 0.6) is 5.75 Å². The molecule has 0 saturated heterocycles. The van der Waals surface area contributed by atoms with Crippen LogP contribution in [0.25, 0.3) is 0 Å². The predicted octanol–water partition coefficient (Wildman–Crippen LogP) is 4.13.